The van der Waals surface area contributed by atoms with E-state index in [-0.39, 0.29) is 6.10 Å². The van der Waals surface area contributed by atoms with Gasteiger partial charge in [0.2, 0.25) is 0 Å². The lowest BCUT2D eigenvalue weighted by Gasteiger charge is -2.05. The number of aliphatic hydroxyl groups is 1. The Morgan fingerprint density at radius 1 is 1.46 bits per heavy atom. The highest BCUT2D eigenvalue weighted by Crippen LogP contribution is 2.18. The third-order valence-corrected chi connectivity index (χ3v) is 2.94. The van der Waals surface area contributed by atoms with Gasteiger partial charge in [0, 0.05) is 4.47 Å². The molecular weight excluding hydrogens is 228 g/mol. The normalized spacial score (nSPS) is 12.9. The number of halogens is 1. The highest BCUT2D eigenvalue weighted by Gasteiger charge is 2.00. The summed E-state index contributed by atoms with van der Waals surface area (Å²) in [4.78, 5) is 0. The third-order valence-electron chi connectivity index (χ3n) is 2.09. The first-order chi connectivity index (χ1) is 6.09. The van der Waals surface area contributed by atoms with Crippen molar-refractivity contribution in [3.8, 4) is 0 Å². The van der Waals surface area contributed by atoms with E-state index in [1.807, 2.05) is 6.92 Å². The quantitative estimate of drug-likeness (QED) is 0.864. The highest BCUT2D eigenvalue weighted by molar-refractivity contribution is 9.10. The summed E-state index contributed by atoms with van der Waals surface area (Å²) in [5, 5.41) is 9.13. The summed E-state index contributed by atoms with van der Waals surface area (Å²) in [5.74, 6) is 0. The zero-order valence-corrected chi connectivity index (χ0v) is 9.63. The maximum atomic E-state index is 9.13. The molecule has 0 radical (unpaired) electrons. The molecule has 1 atom stereocenters. The molecule has 0 aliphatic carbocycles. The van der Waals surface area contributed by atoms with Crippen LogP contribution in [0.4, 0.5) is 0 Å². The standard InChI is InChI=1S/C11H15BrO/c1-8-3-5-10(7-11(8)12)6-4-9(2)13/h3,5,7,9,13H,4,6H2,1-2H3/t9-/m1/s1. The second kappa shape index (κ2) is 4.77. The van der Waals surface area contributed by atoms with Gasteiger partial charge in [-0.1, -0.05) is 28.1 Å². The second-order valence-electron chi connectivity index (χ2n) is 3.47. The Hall–Kier alpha value is -0.340. The Kier molecular flexibility index (Phi) is 3.94. The molecular formula is C11H15BrO. The van der Waals surface area contributed by atoms with E-state index in [0.717, 1.165) is 17.3 Å². The summed E-state index contributed by atoms with van der Waals surface area (Å²) in [7, 11) is 0. The Bertz CT molecular complexity index is 281. The summed E-state index contributed by atoms with van der Waals surface area (Å²) < 4.78 is 1.15. The van der Waals surface area contributed by atoms with Crippen molar-refractivity contribution in [2.45, 2.75) is 32.8 Å². The molecule has 1 aromatic carbocycles. The minimum Gasteiger partial charge on any atom is -0.393 e. The van der Waals surface area contributed by atoms with Crippen LogP contribution in [0.25, 0.3) is 0 Å². The predicted molar refractivity (Wildman–Crippen MR) is 58.9 cm³/mol. The molecule has 0 spiro atoms. The fourth-order valence-corrected chi connectivity index (χ4v) is 1.59. The first-order valence-corrected chi connectivity index (χ1v) is 5.32. The van der Waals surface area contributed by atoms with Gasteiger partial charge in [-0.2, -0.15) is 0 Å². The molecule has 0 aromatic heterocycles. The van der Waals surface area contributed by atoms with E-state index in [2.05, 4.69) is 41.1 Å². The lowest BCUT2D eigenvalue weighted by Crippen LogP contribution is -2.01. The zero-order chi connectivity index (χ0) is 9.84. The SMILES string of the molecule is Cc1ccc(CC[C@@H](C)O)cc1Br. The molecule has 0 heterocycles. The Morgan fingerprint density at radius 3 is 2.69 bits per heavy atom. The van der Waals surface area contributed by atoms with Gasteiger partial charge in [0.1, 0.15) is 0 Å². The van der Waals surface area contributed by atoms with Crippen LogP contribution in [0, 0.1) is 6.92 Å². The van der Waals surface area contributed by atoms with Crippen LogP contribution in [-0.2, 0) is 6.42 Å². The van der Waals surface area contributed by atoms with Gasteiger partial charge in [-0.25, -0.2) is 0 Å². The fraction of sp³-hybridized carbons (Fsp3) is 0.455. The van der Waals surface area contributed by atoms with Crippen LogP contribution in [0.2, 0.25) is 0 Å². The Balaban J connectivity index is 2.63. The summed E-state index contributed by atoms with van der Waals surface area (Å²) >= 11 is 3.49. The zero-order valence-electron chi connectivity index (χ0n) is 8.05. The molecule has 13 heavy (non-hydrogen) atoms. The van der Waals surface area contributed by atoms with Crippen molar-refractivity contribution < 1.29 is 5.11 Å². The van der Waals surface area contributed by atoms with E-state index in [0.29, 0.717) is 0 Å². The molecule has 0 fully saturated rings. The minimum atomic E-state index is -0.208. The van der Waals surface area contributed by atoms with Crippen LogP contribution < -0.4 is 0 Å². The van der Waals surface area contributed by atoms with E-state index < -0.39 is 0 Å². The number of rotatable bonds is 3. The average Bonchev–Trinajstić information content (AvgIpc) is 2.07. The predicted octanol–water partition coefficient (Wildman–Crippen LogP) is 3.07. The summed E-state index contributed by atoms with van der Waals surface area (Å²) in [5.41, 5.74) is 2.53. The topological polar surface area (TPSA) is 20.2 Å². The molecule has 72 valence electrons. The molecule has 1 N–H and O–H groups in total. The lowest BCUT2D eigenvalue weighted by atomic mass is 10.1. The first kappa shape index (κ1) is 10.7. The maximum Gasteiger partial charge on any atom is 0.0515 e. The molecule has 1 aromatic rings. The van der Waals surface area contributed by atoms with Crippen LogP contribution in [-0.4, -0.2) is 11.2 Å². The van der Waals surface area contributed by atoms with Crippen molar-refractivity contribution in [3.05, 3.63) is 33.8 Å². The van der Waals surface area contributed by atoms with E-state index in [1.54, 1.807) is 0 Å². The maximum absolute atomic E-state index is 9.13. The molecule has 0 unspecified atom stereocenters. The number of hydrogen-bond donors (Lipinski definition) is 1. The fourth-order valence-electron chi connectivity index (χ4n) is 1.17. The monoisotopic (exact) mass is 242 g/mol. The van der Waals surface area contributed by atoms with E-state index in [4.69, 9.17) is 5.11 Å². The van der Waals surface area contributed by atoms with Crippen molar-refractivity contribution >= 4 is 15.9 Å². The van der Waals surface area contributed by atoms with Gasteiger partial charge >= 0.3 is 0 Å². The number of aliphatic hydroxyl groups excluding tert-OH is 1. The van der Waals surface area contributed by atoms with Crippen LogP contribution in [0.1, 0.15) is 24.5 Å². The van der Waals surface area contributed by atoms with Crippen molar-refractivity contribution in [3.63, 3.8) is 0 Å². The average molecular weight is 243 g/mol. The molecule has 0 aliphatic heterocycles. The molecule has 0 saturated heterocycles. The molecule has 0 saturated carbocycles. The van der Waals surface area contributed by atoms with E-state index in [9.17, 15) is 0 Å². The number of benzene rings is 1. The van der Waals surface area contributed by atoms with Crippen molar-refractivity contribution in [1.29, 1.82) is 0 Å². The van der Waals surface area contributed by atoms with Crippen molar-refractivity contribution in [1.82, 2.24) is 0 Å². The minimum absolute atomic E-state index is 0.208. The smallest absolute Gasteiger partial charge is 0.0515 e. The van der Waals surface area contributed by atoms with Gasteiger partial charge in [-0.15, -0.1) is 0 Å². The van der Waals surface area contributed by atoms with Gasteiger partial charge in [-0.05, 0) is 43.9 Å². The van der Waals surface area contributed by atoms with Crippen LogP contribution in [0.5, 0.6) is 0 Å². The van der Waals surface area contributed by atoms with E-state index >= 15 is 0 Å². The first-order valence-electron chi connectivity index (χ1n) is 4.52. The molecule has 1 rings (SSSR count). The van der Waals surface area contributed by atoms with Crippen molar-refractivity contribution in [2.75, 3.05) is 0 Å². The summed E-state index contributed by atoms with van der Waals surface area (Å²) in [6.07, 6.45) is 1.56. The second-order valence-corrected chi connectivity index (χ2v) is 4.33. The summed E-state index contributed by atoms with van der Waals surface area (Å²) in [6.45, 7) is 3.89. The molecule has 0 amide bonds. The third kappa shape index (κ3) is 3.49. The van der Waals surface area contributed by atoms with Crippen LogP contribution in [0.15, 0.2) is 22.7 Å². The summed E-state index contributed by atoms with van der Waals surface area (Å²) in [6, 6.07) is 6.33. The van der Waals surface area contributed by atoms with Crippen molar-refractivity contribution in [2.24, 2.45) is 0 Å². The lowest BCUT2D eigenvalue weighted by molar-refractivity contribution is 0.185. The van der Waals surface area contributed by atoms with Gasteiger partial charge < -0.3 is 5.11 Å². The van der Waals surface area contributed by atoms with E-state index in [1.165, 1.54) is 11.1 Å². The van der Waals surface area contributed by atoms with Gasteiger partial charge in [0.25, 0.3) is 0 Å². The van der Waals surface area contributed by atoms with Gasteiger partial charge in [0.15, 0.2) is 0 Å². The molecule has 1 nitrogen and oxygen atoms in total. The number of hydrogen-bond acceptors (Lipinski definition) is 1. The van der Waals surface area contributed by atoms with Crippen LogP contribution >= 0.6 is 15.9 Å². The number of aryl methyl sites for hydroxylation is 2. The Morgan fingerprint density at radius 2 is 2.15 bits per heavy atom. The van der Waals surface area contributed by atoms with Gasteiger partial charge in [-0.3, -0.25) is 0 Å². The highest BCUT2D eigenvalue weighted by atomic mass is 79.9. The molecule has 0 bridgehead atoms. The van der Waals surface area contributed by atoms with Gasteiger partial charge in [0.05, 0.1) is 6.10 Å². The largest absolute Gasteiger partial charge is 0.393 e. The molecule has 2 heteroatoms. The Labute approximate surface area is 87.9 Å². The molecule has 0 aliphatic rings. The van der Waals surface area contributed by atoms with Crippen LogP contribution in [0.3, 0.4) is 0 Å².